The van der Waals surface area contributed by atoms with Crippen LogP contribution < -0.4 is 0 Å². The Bertz CT molecular complexity index is 426. The molecule has 0 radical (unpaired) electrons. The number of unbranched alkanes of at least 4 members (excludes halogenated alkanes) is 4. The van der Waals surface area contributed by atoms with E-state index in [-0.39, 0.29) is 17.1 Å². The summed E-state index contributed by atoms with van der Waals surface area (Å²) < 4.78 is 4.66. The van der Waals surface area contributed by atoms with Gasteiger partial charge in [-0.2, -0.15) is 0 Å². The Hall–Kier alpha value is -1.71. The van der Waals surface area contributed by atoms with E-state index in [9.17, 15) is 15.0 Å². The van der Waals surface area contributed by atoms with Gasteiger partial charge in [0, 0.05) is 6.07 Å². The van der Waals surface area contributed by atoms with Crippen molar-refractivity contribution in [2.75, 3.05) is 7.11 Å². The number of aromatic hydroxyl groups is 2. The highest BCUT2D eigenvalue weighted by Crippen LogP contribution is 2.29. The number of carbonyl (C=O) groups is 1. The predicted molar refractivity (Wildman–Crippen MR) is 73.6 cm³/mol. The molecule has 0 heterocycles. The summed E-state index contributed by atoms with van der Waals surface area (Å²) in [5, 5.41) is 19.3. The van der Waals surface area contributed by atoms with Crippen LogP contribution in [0.5, 0.6) is 11.5 Å². The zero-order valence-electron chi connectivity index (χ0n) is 11.6. The van der Waals surface area contributed by atoms with Crippen LogP contribution in [0.3, 0.4) is 0 Å². The second-order valence-electron chi connectivity index (χ2n) is 4.65. The number of benzene rings is 1. The molecule has 0 aliphatic carbocycles. The number of methoxy groups -OCH3 is 1. The van der Waals surface area contributed by atoms with Gasteiger partial charge in [-0.15, -0.1) is 0 Å². The van der Waals surface area contributed by atoms with E-state index in [0.717, 1.165) is 25.3 Å². The molecule has 0 amide bonds. The zero-order valence-corrected chi connectivity index (χ0v) is 11.6. The van der Waals surface area contributed by atoms with Gasteiger partial charge in [0.2, 0.25) is 0 Å². The molecule has 4 heteroatoms. The second kappa shape index (κ2) is 7.67. The lowest BCUT2D eigenvalue weighted by Crippen LogP contribution is -2.06. The van der Waals surface area contributed by atoms with E-state index in [1.807, 2.05) is 0 Å². The van der Waals surface area contributed by atoms with Crippen LogP contribution in [0.1, 0.15) is 54.9 Å². The minimum atomic E-state index is -0.568. The van der Waals surface area contributed by atoms with E-state index in [0.29, 0.717) is 12.0 Å². The number of aryl methyl sites for hydroxylation is 1. The van der Waals surface area contributed by atoms with Crippen molar-refractivity contribution >= 4 is 5.97 Å². The van der Waals surface area contributed by atoms with Crippen molar-refractivity contribution < 1.29 is 19.7 Å². The molecule has 1 rings (SSSR count). The lowest BCUT2D eigenvalue weighted by Gasteiger charge is -2.10. The smallest absolute Gasteiger partial charge is 0.341 e. The van der Waals surface area contributed by atoms with Crippen LogP contribution >= 0.6 is 0 Å². The predicted octanol–water partition coefficient (Wildman–Crippen LogP) is 3.40. The van der Waals surface area contributed by atoms with E-state index in [1.54, 1.807) is 0 Å². The molecule has 0 aliphatic rings. The Balaban J connectivity index is 2.77. The van der Waals surface area contributed by atoms with Gasteiger partial charge < -0.3 is 14.9 Å². The van der Waals surface area contributed by atoms with E-state index in [1.165, 1.54) is 26.0 Å². The standard InChI is InChI=1S/C15H22O4/c1-3-4-5-6-7-8-11-9-12(16)10-13(17)14(11)15(18)19-2/h9-10,16-17H,3-8H2,1-2H3. The first kappa shape index (κ1) is 15.3. The van der Waals surface area contributed by atoms with Gasteiger partial charge in [-0.1, -0.05) is 32.6 Å². The summed E-state index contributed by atoms with van der Waals surface area (Å²) in [6.45, 7) is 2.16. The van der Waals surface area contributed by atoms with E-state index >= 15 is 0 Å². The van der Waals surface area contributed by atoms with Crippen molar-refractivity contribution in [3.8, 4) is 11.5 Å². The average Bonchev–Trinajstić information content (AvgIpc) is 2.37. The maximum absolute atomic E-state index is 11.6. The third kappa shape index (κ3) is 4.47. The lowest BCUT2D eigenvalue weighted by molar-refractivity contribution is 0.0596. The summed E-state index contributed by atoms with van der Waals surface area (Å²) in [4.78, 5) is 11.6. The SMILES string of the molecule is CCCCCCCc1cc(O)cc(O)c1C(=O)OC. The summed E-state index contributed by atoms with van der Waals surface area (Å²) in [6.07, 6.45) is 6.19. The van der Waals surface area contributed by atoms with Gasteiger partial charge in [0.05, 0.1) is 7.11 Å². The molecule has 2 N–H and O–H groups in total. The maximum Gasteiger partial charge on any atom is 0.341 e. The molecule has 0 bridgehead atoms. The topological polar surface area (TPSA) is 66.8 Å². The number of rotatable bonds is 7. The zero-order chi connectivity index (χ0) is 14.3. The van der Waals surface area contributed by atoms with Crippen LogP contribution in [0.25, 0.3) is 0 Å². The molecule has 106 valence electrons. The molecule has 1 aromatic rings. The minimum absolute atomic E-state index is 0.0336. The summed E-state index contributed by atoms with van der Waals surface area (Å²) in [7, 11) is 1.28. The third-order valence-corrected chi connectivity index (χ3v) is 3.12. The van der Waals surface area contributed by atoms with E-state index < -0.39 is 5.97 Å². The maximum atomic E-state index is 11.6. The number of hydrogen-bond acceptors (Lipinski definition) is 4. The fourth-order valence-corrected chi connectivity index (χ4v) is 2.12. The lowest BCUT2D eigenvalue weighted by atomic mass is 9.99. The van der Waals surface area contributed by atoms with Crippen LogP contribution in [0.4, 0.5) is 0 Å². The number of carbonyl (C=O) groups excluding carboxylic acids is 1. The molecule has 19 heavy (non-hydrogen) atoms. The number of esters is 1. The quantitative estimate of drug-likeness (QED) is 0.586. The first-order valence-electron chi connectivity index (χ1n) is 6.73. The van der Waals surface area contributed by atoms with Crippen LogP contribution in [-0.4, -0.2) is 23.3 Å². The fraction of sp³-hybridized carbons (Fsp3) is 0.533. The molecule has 0 spiro atoms. The van der Waals surface area contributed by atoms with E-state index in [2.05, 4.69) is 11.7 Å². The number of phenolic OH excluding ortho intramolecular Hbond substituents is 2. The van der Waals surface area contributed by atoms with Gasteiger partial charge in [-0.05, 0) is 24.5 Å². The molecular weight excluding hydrogens is 244 g/mol. The highest BCUT2D eigenvalue weighted by atomic mass is 16.5. The Morgan fingerprint density at radius 1 is 1.16 bits per heavy atom. The van der Waals surface area contributed by atoms with Crippen molar-refractivity contribution in [3.05, 3.63) is 23.3 Å². The highest BCUT2D eigenvalue weighted by molar-refractivity contribution is 5.94. The Kier molecular flexibility index (Phi) is 6.19. The normalized spacial score (nSPS) is 10.4. The Labute approximate surface area is 114 Å². The van der Waals surface area contributed by atoms with Gasteiger partial charge in [0.25, 0.3) is 0 Å². The van der Waals surface area contributed by atoms with Crippen LogP contribution in [0.15, 0.2) is 12.1 Å². The highest BCUT2D eigenvalue weighted by Gasteiger charge is 2.18. The average molecular weight is 266 g/mol. The third-order valence-electron chi connectivity index (χ3n) is 3.12. The first-order chi connectivity index (χ1) is 9.10. The van der Waals surface area contributed by atoms with Gasteiger partial charge in [-0.3, -0.25) is 0 Å². The van der Waals surface area contributed by atoms with Crippen LogP contribution in [0.2, 0.25) is 0 Å². The Morgan fingerprint density at radius 3 is 2.47 bits per heavy atom. The summed E-state index contributed by atoms with van der Waals surface area (Å²) in [5.41, 5.74) is 0.802. The molecule has 0 saturated carbocycles. The molecule has 0 aromatic heterocycles. The van der Waals surface area contributed by atoms with Crippen LogP contribution in [0, 0.1) is 0 Å². The molecule has 0 aliphatic heterocycles. The van der Waals surface area contributed by atoms with Gasteiger partial charge in [-0.25, -0.2) is 4.79 Å². The minimum Gasteiger partial charge on any atom is -0.508 e. The van der Waals surface area contributed by atoms with Crippen molar-refractivity contribution in [2.45, 2.75) is 45.4 Å². The van der Waals surface area contributed by atoms with Crippen molar-refractivity contribution in [1.82, 2.24) is 0 Å². The van der Waals surface area contributed by atoms with Gasteiger partial charge >= 0.3 is 5.97 Å². The van der Waals surface area contributed by atoms with Crippen molar-refractivity contribution in [1.29, 1.82) is 0 Å². The van der Waals surface area contributed by atoms with Crippen molar-refractivity contribution in [2.24, 2.45) is 0 Å². The fourth-order valence-electron chi connectivity index (χ4n) is 2.12. The van der Waals surface area contributed by atoms with E-state index in [4.69, 9.17) is 0 Å². The second-order valence-corrected chi connectivity index (χ2v) is 4.65. The van der Waals surface area contributed by atoms with Gasteiger partial charge in [0.1, 0.15) is 17.1 Å². The van der Waals surface area contributed by atoms with Gasteiger partial charge in [0.15, 0.2) is 0 Å². The molecule has 0 unspecified atom stereocenters. The summed E-state index contributed by atoms with van der Waals surface area (Å²) in [6, 6.07) is 2.68. The Morgan fingerprint density at radius 2 is 1.84 bits per heavy atom. The largest absolute Gasteiger partial charge is 0.508 e. The molecule has 0 atom stereocenters. The first-order valence-corrected chi connectivity index (χ1v) is 6.73. The summed E-state index contributed by atoms with van der Waals surface area (Å²) in [5.74, 6) is -0.829. The van der Waals surface area contributed by atoms with Crippen molar-refractivity contribution in [3.63, 3.8) is 0 Å². The molecular formula is C15H22O4. The monoisotopic (exact) mass is 266 g/mol. The number of hydrogen-bond donors (Lipinski definition) is 2. The number of ether oxygens (including phenoxy) is 1. The molecule has 1 aromatic carbocycles. The van der Waals surface area contributed by atoms with Crippen LogP contribution in [-0.2, 0) is 11.2 Å². The number of phenols is 2. The molecule has 0 fully saturated rings. The molecule has 4 nitrogen and oxygen atoms in total. The summed E-state index contributed by atoms with van der Waals surface area (Å²) >= 11 is 0. The molecule has 0 saturated heterocycles.